The summed E-state index contributed by atoms with van der Waals surface area (Å²) in [7, 11) is 2.80. The topological polar surface area (TPSA) is 89.7 Å². The Kier molecular flexibility index (Phi) is 6.27. The van der Waals surface area contributed by atoms with Crippen molar-refractivity contribution in [2.45, 2.75) is 6.61 Å². The van der Waals surface area contributed by atoms with Crippen LogP contribution in [-0.4, -0.2) is 31.9 Å². The van der Waals surface area contributed by atoms with Gasteiger partial charge in [0.2, 0.25) is 0 Å². The molecule has 0 unspecified atom stereocenters. The molecule has 0 aliphatic carbocycles. The standard InChI is InChI=1S/C17H18N2O5/c1-22-16-9-14(24-11-17(21)23-2)7-8-15(16)19-18-13-5-3-12(10-20)4-6-13/h3-9,20H,10-11H2,1-2H3. The van der Waals surface area contributed by atoms with Crippen molar-refractivity contribution in [1.82, 2.24) is 0 Å². The first-order chi connectivity index (χ1) is 11.7. The van der Waals surface area contributed by atoms with Crippen molar-refractivity contribution in [1.29, 1.82) is 0 Å². The Morgan fingerprint density at radius 2 is 1.83 bits per heavy atom. The number of rotatable bonds is 7. The zero-order valence-electron chi connectivity index (χ0n) is 13.4. The van der Waals surface area contributed by atoms with Gasteiger partial charge >= 0.3 is 5.97 Å². The highest BCUT2D eigenvalue weighted by atomic mass is 16.6. The lowest BCUT2D eigenvalue weighted by Crippen LogP contribution is -2.12. The molecule has 1 N–H and O–H groups in total. The predicted molar refractivity (Wildman–Crippen MR) is 87.0 cm³/mol. The summed E-state index contributed by atoms with van der Waals surface area (Å²) in [5.74, 6) is 0.459. The van der Waals surface area contributed by atoms with Gasteiger partial charge in [0.25, 0.3) is 0 Å². The zero-order valence-corrected chi connectivity index (χ0v) is 13.4. The Morgan fingerprint density at radius 1 is 1.08 bits per heavy atom. The first-order valence-electron chi connectivity index (χ1n) is 7.15. The van der Waals surface area contributed by atoms with Crippen molar-refractivity contribution in [2.75, 3.05) is 20.8 Å². The number of ether oxygens (including phenoxy) is 3. The lowest BCUT2D eigenvalue weighted by Gasteiger charge is -2.08. The molecule has 0 heterocycles. The van der Waals surface area contributed by atoms with Crippen molar-refractivity contribution in [2.24, 2.45) is 10.2 Å². The molecule has 0 saturated carbocycles. The highest BCUT2D eigenvalue weighted by Gasteiger charge is 2.07. The maximum absolute atomic E-state index is 11.1. The molecule has 7 heteroatoms. The van der Waals surface area contributed by atoms with Gasteiger partial charge in [0, 0.05) is 6.07 Å². The van der Waals surface area contributed by atoms with Gasteiger partial charge < -0.3 is 19.3 Å². The number of nitrogens with zero attached hydrogens (tertiary/aromatic N) is 2. The molecule has 24 heavy (non-hydrogen) atoms. The lowest BCUT2D eigenvalue weighted by molar-refractivity contribution is -0.142. The van der Waals surface area contributed by atoms with E-state index in [1.54, 1.807) is 42.5 Å². The maximum atomic E-state index is 11.1. The van der Waals surface area contributed by atoms with Crippen LogP contribution in [0.4, 0.5) is 11.4 Å². The van der Waals surface area contributed by atoms with Gasteiger partial charge in [-0.25, -0.2) is 4.79 Å². The molecular formula is C17H18N2O5. The number of aliphatic hydroxyl groups excluding tert-OH is 1. The van der Waals surface area contributed by atoms with Crippen molar-refractivity contribution in [3.05, 3.63) is 48.0 Å². The average Bonchev–Trinajstić information content (AvgIpc) is 2.64. The number of benzene rings is 2. The van der Waals surface area contributed by atoms with Crippen molar-refractivity contribution < 1.29 is 24.1 Å². The third-order valence-corrected chi connectivity index (χ3v) is 3.13. The van der Waals surface area contributed by atoms with E-state index in [2.05, 4.69) is 15.0 Å². The summed E-state index contributed by atoms with van der Waals surface area (Å²) in [5.41, 5.74) is 1.98. The van der Waals surface area contributed by atoms with Crippen molar-refractivity contribution in [3.63, 3.8) is 0 Å². The Labute approximate surface area is 139 Å². The van der Waals surface area contributed by atoms with E-state index in [1.165, 1.54) is 14.2 Å². The normalized spacial score (nSPS) is 10.6. The van der Waals surface area contributed by atoms with Crippen LogP contribution in [-0.2, 0) is 16.1 Å². The summed E-state index contributed by atoms with van der Waals surface area (Å²) in [4.78, 5) is 11.1. The molecule has 0 spiro atoms. The number of methoxy groups -OCH3 is 2. The van der Waals surface area contributed by atoms with Crippen LogP contribution < -0.4 is 9.47 Å². The van der Waals surface area contributed by atoms with Gasteiger partial charge in [0.1, 0.15) is 17.2 Å². The van der Waals surface area contributed by atoms with Gasteiger partial charge in [-0.3, -0.25) is 0 Å². The molecular weight excluding hydrogens is 312 g/mol. The van der Waals surface area contributed by atoms with Gasteiger partial charge in [-0.05, 0) is 29.8 Å². The predicted octanol–water partition coefficient (Wildman–Crippen LogP) is 3.15. The molecule has 0 radical (unpaired) electrons. The minimum atomic E-state index is -0.468. The molecule has 126 valence electrons. The first kappa shape index (κ1) is 17.4. The van der Waals surface area contributed by atoms with Gasteiger partial charge in [-0.1, -0.05) is 12.1 Å². The molecule has 2 rings (SSSR count). The SMILES string of the molecule is COC(=O)COc1ccc(N=Nc2ccc(CO)cc2)c(OC)c1. The van der Waals surface area contributed by atoms with Crippen LogP contribution in [0.2, 0.25) is 0 Å². The number of carbonyl (C=O) groups excluding carboxylic acids is 1. The fraction of sp³-hybridized carbons (Fsp3) is 0.235. The van der Waals surface area contributed by atoms with Crippen LogP contribution in [0.1, 0.15) is 5.56 Å². The van der Waals surface area contributed by atoms with Gasteiger partial charge in [0.05, 0.1) is 26.5 Å². The second-order valence-corrected chi connectivity index (χ2v) is 4.72. The fourth-order valence-corrected chi connectivity index (χ4v) is 1.81. The van der Waals surface area contributed by atoms with E-state index < -0.39 is 5.97 Å². The first-order valence-corrected chi connectivity index (χ1v) is 7.15. The summed E-state index contributed by atoms with van der Waals surface area (Å²) < 4.78 is 15.1. The third kappa shape index (κ3) is 4.79. The number of hydrogen-bond donors (Lipinski definition) is 1. The van der Waals surface area contributed by atoms with Crippen LogP contribution in [0.25, 0.3) is 0 Å². The summed E-state index contributed by atoms with van der Waals surface area (Å²) in [5, 5.41) is 17.3. The summed E-state index contributed by atoms with van der Waals surface area (Å²) in [6.45, 7) is -0.198. The molecule has 0 amide bonds. The minimum Gasteiger partial charge on any atom is -0.494 e. The van der Waals surface area contributed by atoms with Crippen LogP contribution in [0.5, 0.6) is 11.5 Å². The van der Waals surface area contributed by atoms with E-state index in [0.717, 1.165) is 5.56 Å². The third-order valence-electron chi connectivity index (χ3n) is 3.13. The maximum Gasteiger partial charge on any atom is 0.343 e. The molecule has 0 bridgehead atoms. The summed E-state index contributed by atoms with van der Waals surface area (Å²) in [6, 6.07) is 12.0. The molecule has 7 nitrogen and oxygen atoms in total. The number of esters is 1. The molecule has 0 saturated heterocycles. The number of aliphatic hydroxyl groups is 1. The lowest BCUT2D eigenvalue weighted by atomic mass is 10.2. The fourth-order valence-electron chi connectivity index (χ4n) is 1.81. The minimum absolute atomic E-state index is 0.0156. The van der Waals surface area contributed by atoms with E-state index in [9.17, 15) is 4.79 Å². The molecule has 0 aliphatic rings. The Hall–Kier alpha value is -2.93. The van der Waals surface area contributed by atoms with Crippen molar-refractivity contribution >= 4 is 17.3 Å². The van der Waals surface area contributed by atoms with Gasteiger partial charge in [-0.15, -0.1) is 5.11 Å². The van der Waals surface area contributed by atoms with Crippen LogP contribution in [0.15, 0.2) is 52.7 Å². The molecule has 2 aromatic rings. The van der Waals surface area contributed by atoms with E-state index in [-0.39, 0.29) is 13.2 Å². The second-order valence-electron chi connectivity index (χ2n) is 4.72. The van der Waals surface area contributed by atoms with Gasteiger partial charge in [-0.2, -0.15) is 5.11 Å². The molecule has 0 fully saturated rings. The zero-order chi connectivity index (χ0) is 17.4. The van der Waals surface area contributed by atoms with E-state index in [4.69, 9.17) is 14.6 Å². The number of azo groups is 1. The largest absolute Gasteiger partial charge is 0.494 e. The number of carbonyl (C=O) groups is 1. The molecule has 0 aliphatic heterocycles. The monoisotopic (exact) mass is 330 g/mol. The van der Waals surface area contributed by atoms with Crippen LogP contribution in [0.3, 0.4) is 0 Å². The number of hydrogen-bond acceptors (Lipinski definition) is 7. The van der Waals surface area contributed by atoms with E-state index in [0.29, 0.717) is 22.9 Å². The molecule has 0 aromatic heterocycles. The highest BCUT2D eigenvalue weighted by Crippen LogP contribution is 2.32. The molecule has 0 atom stereocenters. The van der Waals surface area contributed by atoms with E-state index >= 15 is 0 Å². The summed E-state index contributed by atoms with van der Waals surface area (Å²) >= 11 is 0. The quantitative estimate of drug-likeness (QED) is 0.622. The highest BCUT2D eigenvalue weighted by molar-refractivity contribution is 5.71. The van der Waals surface area contributed by atoms with Crippen molar-refractivity contribution in [3.8, 4) is 11.5 Å². The van der Waals surface area contributed by atoms with Crippen LogP contribution in [0, 0.1) is 0 Å². The Balaban J connectivity index is 2.11. The Morgan fingerprint density at radius 3 is 2.46 bits per heavy atom. The molecule has 2 aromatic carbocycles. The van der Waals surface area contributed by atoms with Gasteiger partial charge in [0.15, 0.2) is 6.61 Å². The second kappa shape index (κ2) is 8.64. The average molecular weight is 330 g/mol. The summed E-state index contributed by atoms with van der Waals surface area (Å²) in [6.07, 6.45) is 0. The van der Waals surface area contributed by atoms with Crippen LogP contribution >= 0.6 is 0 Å². The smallest absolute Gasteiger partial charge is 0.343 e. The Bertz CT molecular complexity index is 713. The van der Waals surface area contributed by atoms with E-state index in [1.807, 2.05) is 0 Å².